The number of carbonyl (C=O) groups excluding carboxylic acids is 2. The second-order valence-corrected chi connectivity index (χ2v) is 8.27. The largest absolute Gasteiger partial charge is 0.465 e. The summed E-state index contributed by atoms with van der Waals surface area (Å²) in [5, 5.41) is 18.9. The lowest BCUT2D eigenvalue weighted by Gasteiger charge is -2.44. The number of nitrogens with one attached hydrogen (secondary N) is 1. The van der Waals surface area contributed by atoms with Crippen molar-refractivity contribution >= 4 is 23.5 Å². The first kappa shape index (κ1) is 19.4. The van der Waals surface area contributed by atoms with Crippen LogP contribution in [0.1, 0.15) is 31.2 Å². The summed E-state index contributed by atoms with van der Waals surface area (Å²) in [7, 11) is 0. The second kappa shape index (κ2) is 7.51. The van der Waals surface area contributed by atoms with Gasteiger partial charge in [0.1, 0.15) is 6.04 Å². The Bertz CT molecular complexity index is 849. The van der Waals surface area contributed by atoms with Gasteiger partial charge in [0.25, 0.3) is 0 Å². The molecule has 3 N–H and O–H groups in total. The predicted molar refractivity (Wildman–Crippen MR) is 104 cm³/mol. The van der Waals surface area contributed by atoms with Crippen LogP contribution in [0, 0.1) is 11.3 Å². The van der Waals surface area contributed by atoms with Gasteiger partial charge in [0.05, 0.1) is 5.92 Å². The second-order valence-electron chi connectivity index (χ2n) is 8.27. The fraction of sp³-hybridized carbons (Fsp3) is 0.476. The fourth-order valence-corrected chi connectivity index (χ4v) is 4.64. The standard InChI is InChI=1S/C21H25N3O5/c25-18(22-29)16-12-21(8-9-21)13-24(20(27)28)17(16)19(26)23-10-6-15(7-11-23)14-4-2-1-3-5-14/h1-6,16-17,29H,7-13H2,(H,22,25)(H,27,28)/t16?,17-/m0/s1. The van der Waals surface area contributed by atoms with Crippen LogP contribution in [0.5, 0.6) is 0 Å². The Balaban J connectivity index is 1.56. The van der Waals surface area contributed by atoms with E-state index in [4.69, 9.17) is 0 Å². The molecule has 2 heterocycles. The van der Waals surface area contributed by atoms with Crippen molar-refractivity contribution < 1.29 is 24.7 Å². The monoisotopic (exact) mass is 399 g/mol. The minimum Gasteiger partial charge on any atom is -0.465 e. The Kier molecular flexibility index (Phi) is 5.04. The number of rotatable bonds is 3. The molecule has 2 aliphatic heterocycles. The van der Waals surface area contributed by atoms with Gasteiger partial charge in [0, 0.05) is 19.6 Å². The molecule has 1 aromatic carbocycles. The number of likely N-dealkylation sites (tertiary alicyclic amines) is 1. The normalized spacial score (nSPS) is 25.3. The van der Waals surface area contributed by atoms with E-state index in [0.29, 0.717) is 25.9 Å². The van der Waals surface area contributed by atoms with Crippen LogP contribution in [-0.2, 0) is 9.59 Å². The number of carboxylic acid groups (broad SMARTS) is 1. The number of hydrogen-bond donors (Lipinski definition) is 3. The first-order valence-electron chi connectivity index (χ1n) is 9.91. The summed E-state index contributed by atoms with van der Waals surface area (Å²) < 4.78 is 0. The zero-order valence-corrected chi connectivity index (χ0v) is 16.1. The Labute approximate surface area is 168 Å². The molecule has 1 saturated carbocycles. The first-order valence-corrected chi connectivity index (χ1v) is 9.91. The lowest BCUT2D eigenvalue weighted by molar-refractivity contribution is -0.149. The summed E-state index contributed by atoms with van der Waals surface area (Å²) in [6, 6.07) is 8.81. The number of amides is 3. The third-order valence-corrected chi connectivity index (χ3v) is 6.44. The molecule has 1 aliphatic carbocycles. The van der Waals surface area contributed by atoms with E-state index < -0.39 is 24.0 Å². The smallest absolute Gasteiger partial charge is 0.408 e. The molecule has 8 nitrogen and oxygen atoms in total. The van der Waals surface area contributed by atoms with E-state index in [1.54, 1.807) is 10.4 Å². The van der Waals surface area contributed by atoms with Crippen molar-refractivity contribution in [1.82, 2.24) is 15.3 Å². The van der Waals surface area contributed by atoms with Crippen LogP contribution >= 0.6 is 0 Å². The van der Waals surface area contributed by atoms with Crippen LogP contribution in [-0.4, -0.2) is 63.7 Å². The molecule has 29 heavy (non-hydrogen) atoms. The molecular formula is C21H25N3O5. The topological polar surface area (TPSA) is 110 Å². The molecule has 3 amide bonds. The average Bonchev–Trinajstić information content (AvgIpc) is 3.51. The van der Waals surface area contributed by atoms with Gasteiger partial charge in [0.15, 0.2) is 0 Å². The van der Waals surface area contributed by atoms with Crippen molar-refractivity contribution in [2.45, 2.75) is 31.7 Å². The molecule has 1 saturated heterocycles. The lowest BCUT2D eigenvalue weighted by Crippen LogP contribution is -2.62. The van der Waals surface area contributed by atoms with Gasteiger partial charge in [0.2, 0.25) is 11.8 Å². The quantitative estimate of drug-likeness (QED) is 0.532. The van der Waals surface area contributed by atoms with Gasteiger partial charge in [-0.3, -0.25) is 19.7 Å². The fourth-order valence-electron chi connectivity index (χ4n) is 4.64. The van der Waals surface area contributed by atoms with Crippen LogP contribution in [0.15, 0.2) is 36.4 Å². The Hall–Kier alpha value is -2.87. The molecule has 2 fully saturated rings. The molecule has 154 valence electrons. The van der Waals surface area contributed by atoms with E-state index >= 15 is 0 Å². The Morgan fingerprint density at radius 3 is 2.41 bits per heavy atom. The van der Waals surface area contributed by atoms with E-state index in [-0.39, 0.29) is 17.9 Å². The maximum absolute atomic E-state index is 13.3. The van der Waals surface area contributed by atoms with Gasteiger partial charge in [-0.2, -0.15) is 0 Å². The third-order valence-electron chi connectivity index (χ3n) is 6.44. The van der Waals surface area contributed by atoms with Crippen molar-refractivity contribution in [2.75, 3.05) is 19.6 Å². The molecule has 2 atom stereocenters. The molecular weight excluding hydrogens is 374 g/mol. The maximum Gasteiger partial charge on any atom is 0.408 e. The van der Waals surface area contributed by atoms with Crippen LogP contribution in [0.25, 0.3) is 5.57 Å². The molecule has 0 bridgehead atoms. The number of hydrogen-bond acceptors (Lipinski definition) is 4. The first-order chi connectivity index (χ1) is 13.9. The minimum absolute atomic E-state index is 0.241. The van der Waals surface area contributed by atoms with E-state index in [1.165, 1.54) is 0 Å². The Morgan fingerprint density at radius 1 is 1.14 bits per heavy atom. The predicted octanol–water partition coefficient (Wildman–Crippen LogP) is 1.96. The Morgan fingerprint density at radius 2 is 1.86 bits per heavy atom. The molecule has 4 rings (SSSR count). The summed E-state index contributed by atoms with van der Waals surface area (Å²) >= 11 is 0. The zero-order valence-electron chi connectivity index (χ0n) is 16.1. The lowest BCUT2D eigenvalue weighted by atomic mass is 9.79. The van der Waals surface area contributed by atoms with Crippen molar-refractivity contribution in [3.05, 3.63) is 42.0 Å². The molecule has 1 aromatic rings. The van der Waals surface area contributed by atoms with Crippen molar-refractivity contribution in [3.8, 4) is 0 Å². The number of hydroxylamine groups is 1. The third kappa shape index (κ3) is 3.72. The number of benzene rings is 1. The summed E-state index contributed by atoms with van der Waals surface area (Å²) in [4.78, 5) is 40.2. The van der Waals surface area contributed by atoms with Gasteiger partial charge in [-0.15, -0.1) is 0 Å². The molecule has 3 aliphatic rings. The van der Waals surface area contributed by atoms with Crippen LogP contribution < -0.4 is 5.48 Å². The SMILES string of the molecule is O=C(NO)C1CC2(CC2)CN(C(=O)O)[C@@H]1C(=O)N1CC=C(c2ccccc2)CC1. The summed E-state index contributed by atoms with van der Waals surface area (Å²) in [5.41, 5.74) is 3.65. The van der Waals surface area contributed by atoms with Gasteiger partial charge in [-0.1, -0.05) is 36.4 Å². The van der Waals surface area contributed by atoms with E-state index in [1.807, 2.05) is 36.4 Å². The molecule has 8 heteroatoms. The summed E-state index contributed by atoms with van der Waals surface area (Å²) in [6.07, 6.45) is 3.52. The highest BCUT2D eigenvalue weighted by atomic mass is 16.5. The zero-order chi connectivity index (χ0) is 20.6. The highest BCUT2D eigenvalue weighted by molar-refractivity contribution is 5.93. The van der Waals surface area contributed by atoms with E-state index in [0.717, 1.165) is 28.9 Å². The highest BCUT2D eigenvalue weighted by Crippen LogP contribution is 2.55. The molecule has 1 spiro atoms. The van der Waals surface area contributed by atoms with Gasteiger partial charge in [-0.25, -0.2) is 10.3 Å². The van der Waals surface area contributed by atoms with Crippen LogP contribution in [0.2, 0.25) is 0 Å². The number of piperidine rings is 1. The number of nitrogens with zero attached hydrogens (tertiary/aromatic N) is 2. The molecule has 0 radical (unpaired) electrons. The van der Waals surface area contributed by atoms with Gasteiger partial charge >= 0.3 is 6.09 Å². The van der Waals surface area contributed by atoms with Gasteiger partial charge in [-0.05, 0) is 42.2 Å². The van der Waals surface area contributed by atoms with Crippen molar-refractivity contribution in [3.63, 3.8) is 0 Å². The van der Waals surface area contributed by atoms with E-state index in [2.05, 4.69) is 0 Å². The molecule has 0 aromatic heterocycles. The maximum atomic E-state index is 13.3. The van der Waals surface area contributed by atoms with Crippen molar-refractivity contribution in [1.29, 1.82) is 0 Å². The molecule has 1 unspecified atom stereocenters. The van der Waals surface area contributed by atoms with Crippen LogP contribution in [0.4, 0.5) is 4.79 Å². The van der Waals surface area contributed by atoms with E-state index in [9.17, 15) is 24.7 Å². The summed E-state index contributed by atoms with van der Waals surface area (Å²) in [6.45, 7) is 1.08. The average molecular weight is 399 g/mol. The number of carbonyl (C=O) groups is 3. The van der Waals surface area contributed by atoms with Crippen molar-refractivity contribution in [2.24, 2.45) is 11.3 Å². The minimum atomic E-state index is -1.21. The van der Waals surface area contributed by atoms with Gasteiger partial charge < -0.3 is 10.0 Å². The highest BCUT2D eigenvalue weighted by Gasteiger charge is 2.57. The van der Waals surface area contributed by atoms with Crippen LogP contribution in [0.3, 0.4) is 0 Å². The summed E-state index contributed by atoms with van der Waals surface area (Å²) in [5.74, 6) is -1.96.